The summed E-state index contributed by atoms with van der Waals surface area (Å²) < 4.78 is 14.5. The highest BCUT2D eigenvalue weighted by atomic mass is 79.9. The molecule has 0 saturated carbocycles. The quantitative estimate of drug-likeness (QED) is 0.138. The SMILES string of the molecule is C=CCOc1c(Br)cc(C=Nn2c(-c3cc(C(C)C)c(OCC)cc3C)nc3ccccc3c2=O)cc1Br. The number of halogens is 2. The lowest BCUT2D eigenvalue weighted by molar-refractivity contribution is 0.335. The molecule has 0 fully saturated rings. The van der Waals surface area contributed by atoms with E-state index < -0.39 is 0 Å². The number of aromatic nitrogens is 2. The number of hydrogen-bond donors (Lipinski definition) is 0. The molecule has 0 aliphatic heterocycles. The number of nitrogens with zero attached hydrogens (tertiary/aromatic N) is 3. The zero-order chi connectivity index (χ0) is 27.4. The van der Waals surface area contributed by atoms with Gasteiger partial charge in [-0.1, -0.05) is 38.6 Å². The van der Waals surface area contributed by atoms with Gasteiger partial charge in [0.25, 0.3) is 5.56 Å². The molecule has 0 amide bonds. The standard InChI is InChI=1S/C30H29Br2N3O3/c1-6-12-38-28-24(31)14-20(15-25(28)32)17-33-35-29(34-26-11-9-8-10-21(26)30(35)36)23-16-22(18(3)4)27(37-7-2)13-19(23)5/h6,8-11,13-18H,1,7,12H2,2-5H3. The highest BCUT2D eigenvalue weighted by molar-refractivity contribution is 9.11. The molecule has 0 aliphatic carbocycles. The molecule has 0 spiro atoms. The van der Waals surface area contributed by atoms with E-state index >= 15 is 0 Å². The van der Waals surface area contributed by atoms with Gasteiger partial charge in [-0.15, -0.1) is 0 Å². The summed E-state index contributed by atoms with van der Waals surface area (Å²) >= 11 is 7.12. The van der Waals surface area contributed by atoms with Crippen molar-refractivity contribution in [2.75, 3.05) is 13.2 Å². The summed E-state index contributed by atoms with van der Waals surface area (Å²) in [6, 6.07) is 15.2. The zero-order valence-corrected chi connectivity index (χ0v) is 25.0. The molecule has 0 unspecified atom stereocenters. The van der Waals surface area contributed by atoms with Crippen LogP contribution in [0.15, 0.2) is 80.0 Å². The Hall–Kier alpha value is -3.23. The van der Waals surface area contributed by atoms with Crippen molar-refractivity contribution in [3.63, 3.8) is 0 Å². The monoisotopic (exact) mass is 637 g/mol. The Morgan fingerprint density at radius 2 is 1.82 bits per heavy atom. The molecule has 6 nitrogen and oxygen atoms in total. The van der Waals surface area contributed by atoms with Gasteiger partial charge in [-0.25, -0.2) is 4.98 Å². The fourth-order valence-electron chi connectivity index (χ4n) is 4.13. The van der Waals surface area contributed by atoms with Crippen LogP contribution in [0.5, 0.6) is 11.5 Å². The molecule has 4 rings (SSSR count). The number of rotatable bonds is 9. The Morgan fingerprint density at radius 1 is 1.11 bits per heavy atom. The molecule has 1 heterocycles. The van der Waals surface area contributed by atoms with E-state index in [1.165, 1.54) is 4.68 Å². The average Bonchev–Trinajstić information content (AvgIpc) is 2.88. The molecular weight excluding hydrogens is 610 g/mol. The fraction of sp³-hybridized carbons (Fsp3) is 0.233. The number of para-hydroxylation sites is 1. The van der Waals surface area contributed by atoms with Crippen molar-refractivity contribution >= 4 is 49.0 Å². The summed E-state index contributed by atoms with van der Waals surface area (Å²) in [5.41, 5.74) is 3.96. The number of ether oxygens (including phenoxy) is 2. The smallest absolute Gasteiger partial charge is 0.282 e. The fourth-order valence-corrected chi connectivity index (χ4v) is 5.59. The van der Waals surface area contributed by atoms with Crippen molar-refractivity contribution < 1.29 is 9.47 Å². The van der Waals surface area contributed by atoms with Crippen LogP contribution in [0.3, 0.4) is 0 Å². The second-order valence-corrected chi connectivity index (χ2v) is 10.7. The maximum absolute atomic E-state index is 13.7. The van der Waals surface area contributed by atoms with E-state index in [1.54, 1.807) is 18.4 Å². The lowest BCUT2D eigenvalue weighted by Crippen LogP contribution is -2.21. The van der Waals surface area contributed by atoms with Crippen LogP contribution in [0.1, 0.15) is 43.4 Å². The number of fused-ring (bicyclic) bond motifs is 1. The van der Waals surface area contributed by atoms with Crippen molar-refractivity contribution in [1.29, 1.82) is 0 Å². The summed E-state index contributed by atoms with van der Waals surface area (Å²) in [5, 5.41) is 5.13. The normalized spacial score (nSPS) is 11.4. The van der Waals surface area contributed by atoms with E-state index in [9.17, 15) is 4.79 Å². The van der Waals surface area contributed by atoms with E-state index in [2.05, 4.69) is 63.5 Å². The van der Waals surface area contributed by atoms with Gasteiger partial charge in [-0.3, -0.25) is 4.79 Å². The first-order valence-electron chi connectivity index (χ1n) is 12.3. The minimum absolute atomic E-state index is 0.219. The van der Waals surface area contributed by atoms with Crippen LogP contribution in [0, 0.1) is 6.92 Å². The molecule has 0 saturated heterocycles. The molecular formula is C30H29Br2N3O3. The highest BCUT2D eigenvalue weighted by Gasteiger charge is 2.18. The Labute approximate surface area is 239 Å². The predicted octanol–water partition coefficient (Wildman–Crippen LogP) is 7.87. The summed E-state index contributed by atoms with van der Waals surface area (Å²) in [7, 11) is 0. The Kier molecular flexibility index (Phi) is 8.84. The van der Waals surface area contributed by atoms with Gasteiger partial charge in [0.2, 0.25) is 0 Å². The minimum atomic E-state index is -0.245. The first-order chi connectivity index (χ1) is 18.2. The van der Waals surface area contributed by atoms with E-state index in [-0.39, 0.29) is 11.5 Å². The molecule has 38 heavy (non-hydrogen) atoms. The summed E-state index contributed by atoms with van der Waals surface area (Å²) in [6.45, 7) is 12.8. The topological polar surface area (TPSA) is 65.7 Å². The molecule has 0 aliphatic rings. The largest absolute Gasteiger partial charge is 0.494 e. The van der Waals surface area contributed by atoms with Crippen molar-refractivity contribution in [1.82, 2.24) is 9.66 Å². The molecule has 196 valence electrons. The van der Waals surface area contributed by atoms with Gasteiger partial charge in [-0.05, 0) is 105 Å². The summed E-state index contributed by atoms with van der Waals surface area (Å²) in [4.78, 5) is 18.6. The lowest BCUT2D eigenvalue weighted by Gasteiger charge is -2.18. The van der Waals surface area contributed by atoms with Crippen LogP contribution in [0.25, 0.3) is 22.3 Å². The van der Waals surface area contributed by atoms with Crippen molar-refractivity contribution in [3.8, 4) is 22.9 Å². The minimum Gasteiger partial charge on any atom is -0.494 e. The molecule has 1 aromatic heterocycles. The zero-order valence-electron chi connectivity index (χ0n) is 21.8. The second kappa shape index (κ2) is 12.1. The van der Waals surface area contributed by atoms with E-state index in [0.717, 1.165) is 36.9 Å². The van der Waals surface area contributed by atoms with Crippen molar-refractivity contribution in [3.05, 3.63) is 97.2 Å². The van der Waals surface area contributed by atoms with Gasteiger partial charge in [0.05, 0.1) is 32.7 Å². The predicted molar refractivity (Wildman–Crippen MR) is 162 cm³/mol. The van der Waals surface area contributed by atoms with Gasteiger partial charge < -0.3 is 9.47 Å². The molecule has 3 aromatic carbocycles. The van der Waals surface area contributed by atoms with Crippen LogP contribution >= 0.6 is 31.9 Å². The molecule has 4 aromatic rings. The van der Waals surface area contributed by atoms with Crippen LogP contribution in [0.4, 0.5) is 0 Å². The van der Waals surface area contributed by atoms with E-state index in [0.29, 0.717) is 35.7 Å². The van der Waals surface area contributed by atoms with Gasteiger partial charge in [-0.2, -0.15) is 9.78 Å². The Balaban J connectivity index is 1.91. The first-order valence-corrected chi connectivity index (χ1v) is 13.9. The summed E-state index contributed by atoms with van der Waals surface area (Å²) in [5.74, 6) is 2.20. The third kappa shape index (κ3) is 5.76. The van der Waals surface area contributed by atoms with Crippen LogP contribution in [-0.4, -0.2) is 29.1 Å². The van der Waals surface area contributed by atoms with Crippen LogP contribution in [-0.2, 0) is 0 Å². The molecule has 0 radical (unpaired) electrons. The van der Waals surface area contributed by atoms with Gasteiger partial charge in [0.15, 0.2) is 5.82 Å². The van der Waals surface area contributed by atoms with Gasteiger partial charge >= 0.3 is 0 Å². The average molecular weight is 639 g/mol. The van der Waals surface area contributed by atoms with Crippen LogP contribution in [0.2, 0.25) is 0 Å². The third-order valence-electron chi connectivity index (χ3n) is 5.96. The first kappa shape index (κ1) is 27.8. The molecule has 0 atom stereocenters. The third-order valence-corrected chi connectivity index (χ3v) is 7.14. The maximum Gasteiger partial charge on any atom is 0.282 e. The van der Waals surface area contributed by atoms with Gasteiger partial charge in [0, 0.05) is 5.56 Å². The Morgan fingerprint density at radius 3 is 2.47 bits per heavy atom. The van der Waals surface area contributed by atoms with Crippen LogP contribution < -0.4 is 15.0 Å². The van der Waals surface area contributed by atoms with Crippen molar-refractivity contribution in [2.45, 2.75) is 33.6 Å². The second-order valence-electron chi connectivity index (χ2n) is 9.02. The molecule has 0 bridgehead atoms. The number of aryl methyl sites for hydroxylation is 1. The van der Waals surface area contributed by atoms with Crippen molar-refractivity contribution in [2.24, 2.45) is 5.10 Å². The number of benzene rings is 3. The summed E-state index contributed by atoms with van der Waals surface area (Å²) in [6.07, 6.45) is 3.32. The van der Waals surface area contributed by atoms with E-state index in [4.69, 9.17) is 14.5 Å². The highest BCUT2D eigenvalue weighted by Crippen LogP contribution is 2.36. The lowest BCUT2D eigenvalue weighted by atomic mass is 9.96. The Bertz CT molecular complexity index is 1570. The van der Waals surface area contributed by atoms with E-state index in [1.807, 2.05) is 50.2 Å². The number of hydrogen-bond acceptors (Lipinski definition) is 5. The molecule has 0 N–H and O–H groups in total. The maximum atomic E-state index is 13.7. The molecule has 8 heteroatoms. The van der Waals surface area contributed by atoms with Gasteiger partial charge in [0.1, 0.15) is 18.1 Å².